The molecule has 0 aliphatic rings. The van der Waals surface area contributed by atoms with Crippen LogP contribution in [0.25, 0.3) is 22.3 Å². The molecule has 0 aliphatic heterocycles. The molecule has 0 atom stereocenters. The van der Waals surface area contributed by atoms with Gasteiger partial charge in [-0.15, -0.1) is 0 Å². The van der Waals surface area contributed by atoms with Crippen molar-refractivity contribution >= 4 is 16.9 Å². The Labute approximate surface area is 106 Å². The molecular formula is C13H9FN2O3. The summed E-state index contributed by atoms with van der Waals surface area (Å²) in [7, 11) is 1.69. The first-order valence-electron chi connectivity index (χ1n) is 5.52. The van der Waals surface area contributed by atoms with Gasteiger partial charge in [0.2, 0.25) is 5.76 Å². The second-order valence-electron chi connectivity index (χ2n) is 4.15. The van der Waals surface area contributed by atoms with Crippen LogP contribution in [0.4, 0.5) is 4.39 Å². The van der Waals surface area contributed by atoms with Crippen molar-refractivity contribution < 1.29 is 18.8 Å². The first kappa shape index (κ1) is 11.5. The van der Waals surface area contributed by atoms with Crippen LogP contribution in [-0.2, 0) is 7.05 Å². The monoisotopic (exact) mass is 260 g/mol. The van der Waals surface area contributed by atoms with Gasteiger partial charge in [-0.2, -0.15) is 0 Å². The number of para-hydroxylation sites is 1. The normalized spacial score (nSPS) is 11.1. The third-order valence-corrected chi connectivity index (χ3v) is 2.99. The van der Waals surface area contributed by atoms with Gasteiger partial charge in [-0.1, -0.05) is 17.3 Å². The van der Waals surface area contributed by atoms with E-state index in [0.29, 0.717) is 16.9 Å². The van der Waals surface area contributed by atoms with Crippen molar-refractivity contribution in [3.05, 3.63) is 41.9 Å². The number of benzene rings is 1. The van der Waals surface area contributed by atoms with Crippen molar-refractivity contribution in [3.8, 4) is 11.4 Å². The van der Waals surface area contributed by atoms with Crippen LogP contribution in [-0.4, -0.2) is 20.8 Å². The van der Waals surface area contributed by atoms with Gasteiger partial charge < -0.3 is 14.2 Å². The summed E-state index contributed by atoms with van der Waals surface area (Å²) in [6.45, 7) is 0. The molecule has 0 aliphatic carbocycles. The number of halogens is 1. The van der Waals surface area contributed by atoms with Gasteiger partial charge in [0.25, 0.3) is 0 Å². The summed E-state index contributed by atoms with van der Waals surface area (Å²) in [5, 5.41) is 13.2. The van der Waals surface area contributed by atoms with Crippen molar-refractivity contribution in [3.63, 3.8) is 0 Å². The first-order valence-corrected chi connectivity index (χ1v) is 5.52. The van der Waals surface area contributed by atoms with Crippen LogP contribution in [0.15, 0.2) is 34.9 Å². The van der Waals surface area contributed by atoms with Crippen LogP contribution in [0.2, 0.25) is 0 Å². The Morgan fingerprint density at radius 1 is 1.42 bits per heavy atom. The number of fused-ring (bicyclic) bond motifs is 1. The summed E-state index contributed by atoms with van der Waals surface area (Å²) in [6.07, 6.45) is 0. The number of hydrogen-bond donors (Lipinski definition) is 1. The van der Waals surface area contributed by atoms with Gasteiger partial charge in [0.05, 0.1) is 11.2 Å². The average Bonchev–Trinajstić information content (AvgIpc) is 2.95. The van der Waals surface area contributed by atoms with E-state index >= 15 is 0 Å². The van der Waals surface area contributed by atoms with E-state index in [0.717, 1.165) is 5.39 Å². The number of carboxylic acid groups (broad SMARTS) is 1. The number of rotatable bonds is 2. The van der Waals surface area contributed by atoms with Crippen LogP contribution in [0.5, 0.6) is 0 Å². The predicted molar refractivity (Wildman–Crippen MR) is 65.3 cm³/mol. The molecule has 0 radical (unpaired) electrons. The van der Waals surface area contributed by atoms with Gasteiger partial charge in [-0.3, -0.25) is 0 Å². The van der Waals surface area contributed by atoms with E-state index in [2.05, 4.69) is 5.16 Å². The predicted octanol–water partition coefficient (Wildman–Crippen LogP) is 2.67. The Balaban J connectivity index is 2.22. The number of carboxylic acids is 1. The molecule has 0 unspecified atom stereocenters. The molecule has 1 aromatic carbocycles. The fourth-order valence-electron chi connectivity index (χ4n) is 2.11. The summed E-state index contributed by atoms with van der Waals surface area (Å²) >= 11 is 0. The van der Waals surface area contributed by atoms with Crippen molar-refractivity contribution in [2.45, 2.75) is 0 Å². The van der Waals surface area contributed by atoms with E-state index in [9.17, 15) is 9.18 Å². The van der Waals surface area contributed by atoms with E-state index < -0.39 is 5.97 Å². The zero-order chi connectivity index (χ0) is 13.6. The molecule has 96 valence electrons. The van der Waals surface area contributed by atoms with E-state index in [1.165, 1.54) is 12.1 Å². The van der Waals surface area contributed by atoms with Crippen molar-refractivity contribution in [1.82, 2.24) is 9.72 Å². The Hall–Kier alpha value is -2.63. The summed E-state index contributed by atoms with van der Waals surface area (Å²) in [4.78, 5) is 10.8. The lowest BCUT2D eigenvalue weighted by Crippen LogP contribution is -1.94. The maximum atomic E-state index is 13.8. The van der Waals surface area contributed by atoms with Gasteiger partial charge in [0.1, 0.15) is 11.5 Å². The fourth-order valence-corrected chi connectivity index (χ4v) is 2.11. The molecule has 3 aromatic rings. The van der Waals surface area contributed by atoms with Crippen LogP contribution >= 0.6 is 0 Å². The van der Waals surface area contributed by atoms with Crippen LogP contribution < -0.4 is 0 Å². The van der Waals surface area contributed by atoms with E-state index in [-0.39, 0.29) is 11.6 Å². The minimum absolute atomic E-state index is 0.249. The molecule has 2 aromatic heterocycles. The number of aromatic carboxylic acids is 1. The third-order valence-electron chi connectivity index (χ3n) is 2.99. The molecule has 1 N–H and O–H groups in total. The lowest BCUT2D eigenvalue weighted by Gasteiger charge is -2.00. The molecule has 0 saturated carbocycles. The van der Waals surface area contributed by atoms with Crippen LogP contribution in [0.1, 0.15) is 10.6 Å². The van der Waals surface area contributed by atoms with Crippen LogP contribution in [0, 0.1) is 5.82 Å². The highest BCUT2D eigenvalue weighted by Crippen LogP contribution is 2.28. The lowest BCUT2D eigenvalue weighted by molar-refractivity contribution is 0.0652. The van der Waals surface area contributed by atoms with Gasteiger partial charge >= 0.3 is 5.97 Å². The molecule has 0 spiro atoms. The lowest BCUT2D eigenvalue weighted by atomic mass is 10.2. The molecule has 6 heteroatoms. The fraction of sp³-hybridized carbons (Fsp3) is 0.0769. The second kappa shape index (κ2) is 3.94. The van der Waals surface area contributed by atoms with Gasteiger partial charge in [-0.05, 0) is 12.1 Å². The molecule has 0 bridgehead atoms. The summed E-state index contributed by atoms with van der Waals surface area (Å²) < 4.78 is 20.1. The van der Waals surface area contributed by atoms with Crippen molar-refractivity contribution in [2.75, 3.05) is 0 Å². The molecule has 0 fully saturated rings. The maximum Gasteiger partial charge on any atom is 0.374 e. The molecular weight excluding hydrogens is 251 g/mol. The topological polar surface area (TPSA) is 68.3 Å². The number of nitrogens with zero attached hydrogens (tertiary/aromatic N) is 2. The zero-order valence-electron chi connectivity index (χ0n) is 9.92. The Morgan fingerprint density at radius 3 is 2.84 bits per heavy atom. The number of aryl methyl sites for hydroxylation is 1. The maximum absolute atomic E-state index is 13.8. The van der Waals surface area contributed by atoms with E-state index in [1.807, 2.05) is 0 Å². The largest absolute Gasteiger partial charge is 0.475 e. The molecule has 2 heterocycles. The molecule has 5 nitrogen and oxygen atoms in total. The Morgan fingerprint density at radius 2 is 2.21 bits per heavy atom. The smallest absolute Gasteiger partial charge is 0.374 e. The zero-order valence-corrected chi connectivity index (χ0v) is 9.92. The highest BCUT2D eigenvalue weighted by atomic mass is 19.1. The summed E-state index contributed by atoms with van der Waals surface area (Å²) in [5.41, 5.74) is 1.39. The van der Waals surface area contributed by atoms with Crippen molar-refractivity contribution in [2.24, 2.45) is 7.05 Å². The van der Waals surface area contributed by atoms with Crippen molar-refractivity contribution in [1.29, 1.82) is 0 Å². The van der Waals surface area contributed by atoms with E-state index in [1.54, 1.807) is 29.8 Å². The number of hydrogen-bond acceptors (Lipinski definition) is 3. The quantitative estimate of drug-likeness (QED) is 0.769. The molecule has 0 saturated heterocycles. The summed E-state index contributed by atoms with van der Waals surface area (Å²) in [5.74, 6) is -1.78. The molecule has 3 rings (SSSR count). The molecule has 19 heavy (non-hydrogen) atoms. The Bertz CT molecular complexity index is 788. The second-order valence-corrected chi connectivity index (χ2v) is 4.15. The van der Waals surface area contributed by atoms with Gasteiger partial charge in [-0.25, -0.2) is 9.18 Å². The minimum atomic E-state index is -1.19. The molecule has 0 amide bonds. The van der Waals surface area contributed by atoms with Crippen LogP contribution in [0.3, 0.4) is 0 Å². The number of carbonyl (C=O) groups is 1. The summed E-state index contributed by atoms with van der Waals surface area (Å²) in [6, 6.07) is 7.82. The number of aromatic nitrogens is 2. The highest BCUT2D eigenvalue weighted by Gasteiger charge is 2.17. The first-order chi connectivity index (χ1) is 9.08. The highest BCUT2D eigenvalue weighted by molar-refractivity contribution is 5.89. The van der Waals surface area contributed by atoms with Gasteiger partial charge in [0, 0.05) is 18.5 Å². The average molecular weight is 260 g/mol. The SMILES string of the molecule is Cn1c(-c2cc(C(=O)O)on2)cc2cccc(F)c21. The van der Waals surface area contributed by atoms with Gasteiger partial charge in [0.15, 0.2) is 0 Å². The van der Waals surface area contributed by atoms with E-state index in [4.69, 9.17) is 9.63 Å². The third kappa shape index (κ3) is 1.69. The minimum Gasteiger partial charge on any atom is -0.475 e. The standard InChI is InChI=1S/C13H9FN2O3/c1-16-10(9-6-11(13(17)18)19-15-9)5-7-3-2-4-8(14)12(7)16/h2-6H,1H3,(H,17,18). The Kier molecular flexibility index (Phi) is 2.38.